The Bertz CT molecular complexity index is 265. The van der Waals surface area contributed by atoms with Gasteiger partial charge in [-0.25, -0.2) is 0 Å². The molecule has 0 unspecified atom stereocenters. The fourth-order valence-electron chi connectivity index (χ4n) is 1.99. The molecule has 13 heavy (non-hydrogen) atoms. The highest BCUT2D eigenvalue weighted by Gasteiger charge is 2.31. The summed E-state index contributed by atoms with van der Waals surface area (Å²) in [6.45, 7) is 2.72. The van der Waals surface area contributed by atoms with Gasteiger partial charge in [0.05, 0.1) is 6.10 Å². The molecule has 0 saturated heterocycles. The van der Waals surface area contributed by atoms with Crippen LogP contribution >= 0.6 is 0 Å². The van der Waals surface area contributed by atoms with Crippen LogP contribution in [0.1, 0.15) is 13.3 Å². The lowest BCUT2D eigenvalue weighted by atomic mass is 9.87. The van der Waals surface area contributed by atoms with E-state index in [1.165, 1.54) is 0 Å². The summed E-state index contributed by atoms with van der Waals surface area (Å²) < 4.78 is 5.59. The summed E-state index contributed by atoms with van der Waals surface area (Å²) in [5.41, 5.74) is 0. The first-order valence-corrected chi connectivity index (χ1v) is 4.83. The molecule has 0 aromatic carbocycles. The third-order valence-electron chi connectivity index (χ3n) is 2.71. The number of ether oxygens (including phenoxy) is 1. The molecule has 0 amide bonds. The first kappa shape index (κ1) is 8.70. The van der Waals surface area contributed by atoms with Gasteiger partial charge in [-0.3, -0.25) is 4.79 Å². The predicted molar refractivity (Wildman–Crippen MR) is 50.3 cm³/mol. The molecule has 0 fully saturated rings. The highest BCUT2D eigenvalue weighted by atomic mass is 16.5. The van der Waals surface area contributed by atoms with Crippen molar-refractivity contribution in [3.63, 3.8) is 0 Å². The summed E-state index contributed by atoms with van der Waals surface area (Å²) in [6, 6.07) is 0. The van der Waals surface area contributed by atoms with E-state index in [-0.39, 0.29) is 17.8 Å². The van der Waals surface area contributed by atoms with Crippen LogP contribution in [-0.2, 0) is 9.53 Å². The van der Waals surface area contributed by atoms with Gasteiger partial charge in [0.15, 0.2) is 5.78 Å². The van der Waals surface area contributed by atoms with Crippen molar-refractivity contribution in [1.82, 2.24) is 0 Å². The Balaban J connectivity index is 2.19. The van der Waals surface area contributed by atoms with Crippen LogP contribution in [0, 0.1) is 11.8 Å². The Kier molecular flexibility index (Phi) is 2.32. The molecule has 3 rings (SSSR count). The molecule has 2 bridgehead atoms. The number of carbonyl (C=O) groups excluding carboxylic acids is 1. The van der Waals surface area contributed by atoms with Crippen molar-refractivity contribution in [3.05, 3.63) is 24.3 Å². The van der Waals surface area contributed by atoms with E-state index >= 15 is 0 Å². The number of fused-ring (bicyclic) bond motifs is 2. The minimum Gasteiger partial charge on any atom is -0.378 e. The first-order chi connectivity index (χ1) is 6.31. The summed E-state index contributed by atoms with van der Waals surface area (Å²) >= 11 is 0. The Morgan fingerprint density at radius 1 is 1.46 bits per heavy atom. The second-order valence-corrected chi connectivity index (χ2v) is 3.56. The quantitative estimate of drug-likeness (QED) is 0.602. The van der Waals surface area contributed by atoms with Crippen LogP contribution in [0.25, 0.3) is 0 Å². The van der Waals surface area contributed by atoms with E-state index in [2.05, 4.69) is 6.08 Å². The maximum absolute atomic E-state index is 11.4. The van der Waals surface area contributed by atoms with Gasteiger partial charge in [-0.1, -0.05) is 18.2 Å². The van der Waals surface area contributed by atoms with Crippen molar-refractivity contribution in [1.29, 1.82) is 0 Å². The zero-order valence-corrected chi connectivity index (χ0v) is 7.77. The number of rotatable bonds is 2. The van der Waals surface area contributed by atoms with Gasteiger partial charge in [-0.05, 0) is 19.4 Å². The largest absolute Gasteiger partial charge is 0.378 e. The van der Waals surface area contributed by atoms with Crippen LogP contribution in [-0.4, -0.2) is 18.5 Å². The molecule has 70 valence electrons. The standard InChI is InChI=1S/C11H14O2/c1-2-13-11-7-9-4-3-8(11)5-6-10(9)12/h3-6,8-9,11H,2,7H2,1H3/t8-,9+,11-/m0/s1. The number of ketones is 1. The second kappa shape index (κ2) is 3.46. The topological polar surface area (TPSA) is 26.3 Å². The fourth-order valence-corrected chi connectivity index (χ4v) is 1.99. The molecule has 0 N–H and O–H groups in total. The molecular formula is C11H14O2. The fraction of sp³-hybridized carbons (Fsp3) is 0.545. The number of hydrogen-bond acceptors (Lipinski definition) is 2. The molecule has 3 aliphatic carbocycles. The summed E-state index contributed by atoms with van der Waals surface area (Å²) in [7, 11) is 0. The van der Waals surface area contributed by atoms with Gasteiger partial charge in [0.25, 0.3) is 0 Å². The zero-order valence-electron chi connectivity index (χ0n) is 7.77. The van der Waals surface area contributed by atoms with Crippen LogP contribution in [0.15, 0.2) is 24.3 Å². The summed E-state index contributed by atoms with van der Waals surface area (Å²) in [6.07, 6.45) is 8.84. The third-order valence-corrected chi connectivity index (χ3v) is 2.71. The first-order valence-electron chi connectivity index (χ1n) is 4.83. The molecule has 3 aliphatic rings. The van der Waals surface area contributed by atoms with Gasteiger partial charge in [-0.15, -0.1) is 0 Å². The van der Waals surface area contributed by atoms with Gasteiger partial charge < -0.3 is 4.74 Å². The average Bonchev–Trinajstić information content (AvgIpc) is 2.39. The minimum absolute atomic E-state index is 0.0616. The van der Waals surface area contributed by atoms with Crippen molar-refractivity contribution in [2.24, 2.45) is 11.8 Å². The van der Waals surface area contributed by atoms with Crippen LogP contribution in [0.4, 0.5) is 0 Å². The van der Waals surface area contributed by atoms with Gasteiger partial charge in [0, 0.05) is 18.4 Å². The van der Waals surface area contributed by atoms with E-state index in [4.69, 9.17) is 4.74 Å². The smallest absolute Gasteiger partial charge is 0.162 e. The molecule has 0 aromatic rings. The third kappa shape index (κ3) is 1.59. The molecule has 0 spiro atoms. The Morgan fingerprint density at radius 3 is 3.08 bits per heavy atom. The van der Waals surface area contributed by atoms with E-state index in [1.807, 2.05) is 19.1 Å². The monoisotopic (exact) mass is 178 g/mol. The summed E-state index contributed by atoms with van der Waals surface area (Å²) in [5.74, 6) is 0.593. The maximum atomic E-state index is 11.4. The minimum atomic E-state index is 0.0616. The van der Waals surface area contributed by atoms with E-state index in [1.54, 1.807) is 6.08 Å². The Hall–Kier alpha value is -0.890. The molecule has 0 aliphatic heterocycles. The number of allylic oxidation sites excluding steroid dienone is 2. The van der Waals surface area contributed by atoms with Crippen LogP contribution in [0.3, 0.4) is 0 Å². The zero-order chi connectivity index (χ0) is 9.26. The average molecular weight is 178 g/mol. The highest BCUT2D eigenvalue weighted by Crippen LogP contribution is 2.30. The second-order valence-electron chi connectivity index (χ2n) is 3.56. The van der Waals surface area contributed by atoms with Crippen LogP contribution < -0.4 is 0 Å². The number of carbonyl (C=O) groups is 1. The van der Waals surface area contributed by atoms with Crippen LogP contribution in [0.5, 0.6) is 0 Å². The van der Waals surface area contributed by atoms with Crippen LogP contribution in [0.2, 0.25) is 0 Å². The molecule has 3 atom stereocenters. The molecule has 0 saturated carbocycles. The number of hydrogen-bond donors (Lipinski definition) is 0. The summed E-state index contributed by atoms with van der Waals surface area (Å²) in [4.78, 5) is 11.4. The van der Waals surface area contributed by atoms with E-state index in [0.717, 1.165) is 13.0 Å². The normalized spacial score (nSPS) is 36.7. The maximum Gasteiger partial charge on any atom is 0.162 e. The van der Waals surface area contributed by atoms with Crippen molar-refractivity contribution >= 4 is 5.78 Å². The highest BCUT2D eigenvalue weighted by molar-refractivity contribution is 5.93. The molecular weight excluding hydrogens is 164 g/mol. The lowest BCUT2D eigenvalue weighted by molar-refractivity contribution is -0.118. The van der Waals surface area contributed by atoms with Crippen molar-refractivity contribution in [2.45, 2.75) is 19.4 Å². The van der Waals surface area contributed by atoms with Gasteiger partial charge in [0.1, 0.15) is 0 Å². The molecule has 0 aromatic heterocycles. The van der Waals surface area contributed by atoms with Gasteiger partial charge >= 0.3 is 0 Å². The lowest BCUT2D eigenvalue weighted by Gasteiger charge is -2.26. The SMILES string of the molecule is CCO[C@H]1C[C@H]2C=C[C@H]1C=CC2=O. The molecule has 0 radical (unpaired) electrons. The molecule has 0 heterocycles. The Morgan fingerprint density at radius 2 is 2.31 bits per heavy atom. The lowest BCUT2D eigenvalue weighted by Crippen LogP contribution is -2.27. The van der Waals surface area contributed by atoms with Crippen molar-refractivity contribution in [3.8, 4) is 0 Å². The van der Waals surface area contributed by atoms with E-state index in [9.17, 15) is 4.79 Å². The van der Waals surface area contributed by atoms with E-state index < -0.39 is 0 Å². The van der Waals surface area contributed by atoms with Gasteiger partial charge in [-0.2, -0.15) is 0 Å². The van der Waals surface area contributed by atoms with Gasteiger partial charge in [0.2, 0.25) is 0 Å². The molecule has 2 heteroatoms. The Labute approximate surface area is 78.3 Å². The molecule has 2 nitrogen and oxygen atoms in total. The van der Waals surface area contributed by atoms with E-state index in [0.29, 0.717) is 5.92 Å². The predicted octanol–water partition coefficient (Wildman–Crippen LogP) is 1.72. The van der Waals surface area contributed by atoms with Crippen molar-refractivity contribution in [2.75, 3.05) is 6.61 Å². The summed E-state index contributed by atoms with van der Waals surface area (Å²) in [5, 5.41) is 0. The van der Waals surface area contributed by atoms with Crippen molar-refractivity contribution < 1.29 is 9.53 Å².